The maximum atomic E-state index is 13.4. The lowest BCUT2D eigenvalue weighted by Crippen LogP contribution is -2.52. The number of nitrogens with zero attached hydrogens (tertiary/aromatic N) is 1. The molecule has 2 aliphatic heterocycles. The number of esters is 1. The average molecular weight is 295 g/mol. The molecule has 0 amide bonds. The molecular formula is C14H11F2NO4. The van der Waals surface area contributed by atoms with Gasteiger partial charge in [0.15, 0.2) is 0 Å². The summed E-state index contributed by atoms with van der Waals surface area (Å²) in [6.07, 6.45) is 2.82. The zero-order valence-corrected chi connectivity index (χ0v) is 11.2. The van der Waals surface area contributed by atoms with Crippen LogP contribution in [-0.4, -0.2) is 24.6 Å². The minimum Gasteiger partial charge on any atom is -0.463 e. The normalized spacial score (nSPS) is 29.4. The average Bonchev–Trinajstić information content (AvgIpc) is 2.88. The fraction of sp³-hybridized carbons (Fsp3) is 0.286. The molecular weight excluding hydrogens is 284 g/mol. The number of rotatable bonds is 2. The molecule has 0 radical (unpaired) electrons. The van der Waals surface area contributed by atoms with Crippen LogP contribution >= 0.6 is 0 Å². The van der Waals surface area contributed by atoms with Gasteiger partial charge in [-0.3, -0.25) is 0 Å². The summed E-state index contributed by atoms with van der Waals surface area (Å²) in [6, 6.07) is 2.96. The molecule has 110 valence electrons. The number of ether oxygens (including phenoxy) is 2. The van der Waals surface area contributed by atoms with Crippen LogP contribution in [0.4, 0.5) is 8.78 Å². The Bertz CT molecular complexity index is 667. The van der Waals surface area contributed by atoms with E-state index in [2.05, 4.69) is 9.89 Å². The van der Waals surface area contributed by atoms with Crippen molar-refractivity contribution in [3.63, 3.8) is 0 Å². The minimum absolute atomic E-state index is 0.163. The topological polar surface area (TPSA) is 57.1 Å². The van der Waals surface area contributed by atoms with Crippen LogP contribution in [0.2, 0.25) is 0 Å². The summed E-state index contributed by atoms with van der Waals surface area (Å²) < 4.78 is 36.7. The Morgan fingerprint density at radius 1 is 1.29 bits per heavy atom. The van der Waals surface area contributed by atoms with Crippen LogP contribution in [0, 0.1) is 17.0 Å². The highest BCUT2D eigenvalue weighted by Crippen LogP contribution is 2.49. The lowest BCUT2D eigenvalue weighted by atomic mass is 9.76. The number of fused-ring (bicyclic) bond motifs is 1. The predicted molar refractivity (Wildman–Crippen MR) is 67.1 cm³/mol. The van der Waals surface area contributed by atoms with Gasteiger partial charge in [0, 0.05) is 11.6 Å². The first kappa shape index (κ1) is 13.5. The zero-order valence-electron chi connectivity index (χ0n) is 11.2. The van der Waals surface area contributed by atoms with Crippen LogP contribution in [0.15, 0.2) is 35.7 Å². The maximum absolute atomic E-state index is 13.4. The van der Waals surface area contributed by atoms with Crippen molar-refractivity contribution in [1.82, 2.24) is 0 Å². The molecule has 1 aromatic rings. The Morgan fingerprint density at radius 2 is 1.95 bits per heavy atom. The van der Waals surface area contributed by atoms with Crippen LogP contribution in [-0.2, 0) is 19.1 Å². The van der Waals surface area contributed by atoms with Crippen molar-refractivity contribution in [2.45, 2.75) is 12.7 Å². The van der Waals surface area contributed by atoms with Crippen molar-refractivity contribution < 1.29 is 27.9 Å². The van der Waals surface area contributed by atoms with Gasteiger partial charge in [-0.25, -0.2) is 13.6 Å². The fourth-order valence-electron chi connectivity index (χ4n) is 2.53. The number of carbonyl (C=O) groups is 1. The summed E-state index contributed by atoms with van der Waals surface area (Å²) in [5.74, 6) is -4.10. The van der Waals surface area contributed by atoms with E-state index >= 15 is 0 Å². The van der Waals surface area contributed by atoms with Crippen molar-refractivity contribution in [3.8, 4) is 0 Å². The first-order valence-corrected chi connectivity index (χ1v) is 6.10. The summed E-state index contributed by atoms with van der Waals surface area (Å²) in [4.78, 5) is 17.2. The van der Waals surface area contributed by atoms with Crippen LogP contribution in [0.25, 0.3) is 0 Å². The largest absolute Gasteiger partial charge is 0.463 e. The highest BCUT2D eigenvalue weighted by atomic mass is 19.1. The van der Waals surface area contributed by atoms with Crippen molar-refractivity contribution in [3.05, 3.63) is 47.7 Å². The fourth-order valence-corrected chi connectivity index (χ4v) is 2.53. The molecule has 2 aliphatic rings. The molecule has 3 rings (SSSR count). The van der Waals surface area contributed by atoms with E-state index in [1.165, 1.54) is 13.4 Å². The van der Waals surface area contributed by atoms with E-state index in [0.717, 1.165) is 18.2 Å². The van der Waals surface area contributed by atoms with Crippen molar-refractivity contribution in [2.75, 3.05) is 7.11 Å². The van der Waals surface area contributed by atoms with Gasteiger partial charge in [-0.15, -0.1) is 0 Å². The SMILES string of the molecule is COC(=O)C12OC=CC1(C)C(c1cc(F)cc(F)c1)=NO2. The van der Waals surface area contributed by atoms with Gasteiger partial charge < -0.3 is 14.3 Å². The first-order valence-electron chi connectivity index (χ1n) is 6.10. The molecule has 0 fully saturated rings. The van der Waals surface area contributed by atoms with E-state index in [1.54, 1.807) is 13.0 Å². The van der Waals surface area contributed by atoms with Crippen LogP contribution in [0.1, 0.15) is 12.5 Å². The molecule has 0 saturated heterocycles. The van der Waals surface area contributed by atoms with E-state index in [4.69, 9.17) is 9.57 Å². The summed E-state index contributed by atoms with van der Waals surface area (Å²) in [7, 11) is 1.18. The number of benzene rings is 1. The van der Waals surface area contributed by atoms with Crippen molar-refractivity contribution >= 4 is 11.7 Å². The summed E-state index contributed by atoms with van der Waals surface area (Å²) in [6.45, 7) is 1.61. The molecule has 0 spiro atoms. The molecule has 1 aromatic carbocycles. The van der Waals surface area contributed by atoms with E-state index in [1.807, 2.05) is 0 Å². The van der Waals surface area contributed by atoms with E-state index in [0.29, 0.717) is 0 Å². The summed E-state index contributed by atoms with van der Waals surface area (Å²) in [5, 5.41) is 3.79. The molecule has 0 aliphatic carbocycles. The highest BCUT2D eigenvalue weighted by Gasteiger charge is 2.68. The molecule has 0 saturated carbocycles. The van der Waals surface area contributed by atoms with Gasteiger partial charge in [0.1, 0.15) is 22.8 Å². The van der Waals surface area contributed by atoms with Crippen molar-refractivity contribution in [1.29, 1.82) is 0 Å². The zero-order chi connectivity index (χ0) is 15.3. The smallest absolute Gasteiger partial charge is 0.396 e. The minimum atomic E-state index is -1.81. The summed E-state index contributed by atoms with van der Waals surface area (Å²) >= 11 is 0. The summed E-state index contributed by atoms with van der Waals surface area (Å²) in [5.41, 5.74) is -0.809. The van der Waals surface area contributed by atoms with Crippen molar-refractivity contribution in [2.24, 2.45) is 10.6 Å². The van der Waals surface area contributed by atoms with Crippen LogP contribution < -0.4 is 0 Å². The standard InChI is InChI=1S/C14H11F2NO4/c1-13-3-4-20-14(13,12(18)19-2)21-17-11(13)8-5-9(15)7-10(16)6-8/h3-7H,1-2H3. The molecule has 0 bridgehead atoms. The highest BCUT2D eigenvalue weighted by molar-refractivity contribution is 6.10. The Balaban J connectivity index is 2.10. The van der Waals surface area contributed by atoms with Gasteiger partial charge in [0.2, 0.25) is 0 Å². The maximum Gasteiger partial charge on any atom is 0.396 e. The van der Waals surface area contributed by atoms with E-state index in [-0.39, 0.29) is 11.3 Å². The van der Waals surface area contributed by atoms with Crippen LogP contribution in [0.5, 0.6) is 0 Å². The molecule has 2 atom stereocenters. The third-order valence-electron chi connectivity index (χ3n) is 3.67. The molecule has 0 aromatic heterocycles. The second kappa shape index (κ2) is 4.28. The third-order valence-corrected chi connectivity index (χ3v) is 3.67. The molecule has 7 heteroatoms. The number of halogens is 2. The Labute approximate surface area is 118 Å². The molecule has 2 heterocycles. The second-order valence-corrected chi connectivity index (χ2v) is 4.92. The van der Waals surface area contributed by atoms with E-state index in [9.17, 15) is 13.6 Å². The molecule has 5 nitrogen and oxygen atoms in total. The van der Waals surface area contributed by atoms with Crippen LogP contribution in [0.3, 0.4) is 0 Å². The Morgan fingerprint density at radius 3 is 2.57 bits per heavy atom. The van der Waals surface area contributed by atoms with Gasteiger partial charge >= 0.3 is 11.8 Å². The Kier molecular flexibility index (Phi) is 2.76. The molecule has 21 heavy (non-hydrogen) atoms. The quantitative estimate of drug-likeness (QED) is 0.784. The molecule has 2 unspecified atom stereocenters. The number of methoxy groups -OCH3 is 1. The lowest BCUT2D eigenvalue weighted by molar-refractivity contribution is -0.231. The van der Waals surface area contributed by atoms with E-state index < -0.39 is 28.8 Å². The lowest BCUT2D eigenvalue weighted by Gasteiger charge is -2.30. The number of hydrogen-bond donors (Lipinski definition) is 0. The molecule has 0 N–H and O–H groups in total. The number of carbonyl (C=O) groups excluding carboxylic acids is 1. The number of oxime groups is 1. The number of hydrogen-bond acceptors (Lipinski definition) is 5. The van der Waals surface area contributed by atoms with Gasteiger partial charge in [-0.1, -0.05) is 5.16 Å². The Hall–Kier alpha value is -2.44. The van der Waals surface area contributed by atoms with Gasteiger partial charge in [-0.05, 0) is 25.1 Å². The predicted octanol–water partition coefficient (Wildman–Crippen LogP) is 2.12. The van der Waals surface area contributed by atoms with Gasteiger partial charge in [-0.2, -0.15) is 0 Å². The second-order valence-electron chi connectivity index (χ2n) is 4.92. The monoisotopic (exact) mass is 295 g/mol. The van der Waals surface area contributed by atoms with Gasteiger partial charge in [0.25, 0.3) is 0 Å². The van der Waals surface area contributed by atoms with Gasteiger partial charge in [0.05, 0.1) is 13.4 Å². The third kappa shape index (κ3) is 1.66. The first-order chi connectivity index (χ1) is 9.93.